The molecule has 1 N–H and O–H groups in total. The van der Waals surface area contributed by atoms with Crippen LogP contribution in [0.2, 0.25) is 10.0 Å². The minimum absolute atomic E-state index is 0.100. The zero-order valence-corrected chi connectivity index (χ0v) is 14.3. The third kappa shape index (κ3) is 3.41. The van der Waals surface area contributed by atoms with Crippen LogP contribution in [0.25, 0.3) is 10.9 Å². The second-order valence-electron chi connectivity index (χ2n) is 5.04. The van der Waals surface area contributed by atoms with Crippen molar-refractivity contribution in [2.45, 2.75) is 5.88 Å². The van der Waals surface area contributed by atoms with Gasteiger partial charge in [-0.1, -0.05) is 23.2 Å². The van der Waals surface area contributed by atoms with Crippen molar-refractivity contribution in [3.8, 4) is 0 Å². The summed E-state index contributed by atoms with van der Waals surface area (Å²) >= 11 is 12.2. The first-order valence-electron chi connectivity index (χ1n) is 6.53. The maximum absolute atomic E-state index is 11.5. The molecule has 0 saturated heterocycles. The van der Waals surface area contributed by atoms with Crippen LogP contribution in [0, 0.1) is 0 Å². The second kappa shape index (κ2) is 5.99. The van der Waals surface area contributed by atoms with Gasteiger partial charge in [-0.25, -0.2) is 13.4 Å². The fourth-order valence-corrected chi connectivity index (χ4v) is 3.43. The number of rotatable bonds is 4. The average molecular weight is 371 g/mol. The number of anilines is 2. The molecule has 0 saturated carbocycles. The van der Waals surface area contributed by atoms with Gasteiger partial charge >= 0.3 is 0 Å². The Balaban J connectivity index is 2.06. The van der Waals surface area contributed by atoms with E-state index in [-0.39, 0.29) is 5.88 Å². The molecule has 0 aliphatic heterocycles. The largest absolute Gasteiger partial charge is 0.337 e. The van der Waals surface area contributed by atoms with E-state index in [0.29, 0.717) is 21.6 Å². The summed E-state index contributed by atoms with van der Waals surface area (Å²) in [6.45, 7) is 0. The second-order valence-corrected chi connectivity index (χ2v) is 7.96. The topological polar surface area (TPSA) is 76.9 Å². The first-order chi connectivity index (χ1) is 10.8. The highest BCUT2D eigenvalue weighted by molar-refractivity contribution is 7.89. The van der Waals surface area contributed by atoms with Crippen LogP contribution in [0.5, 0.6) is 0 Å². The predicted molar refractivity (Wildman–Crippen MR) is 92.1 cm³/mol. The van der Waals surface area contributed by atoms with Gasteiger partial charge in [0, 0.05) is 36.4 Å². The molecular weight excluding hydrogens is 359 g/mol. The molecule has 120 valence electrons. The lowest BCUT2D eigenvalue weighted by Gasteiger charge is -2.10. The highest BCUT2D eigenvalue weighted by Gasteiger charge is 2.13. The molecule has 0 aliphatic rings. The Morgan fingerprint density at radius 1 is 1.22 bits per heavy atom. The van der Waals surface area contributed by atoms with E-state index in [2.05, 4.69) is 15.3 Å². The Morgan fingerprint density at radius 3 is 2.57 bits per heavy atom. The van der Waals surface area contributed by atoms with Crippen LogP contribution < -0.4 is 5.32 Å². The number of halogens is 2. The van der Waals surface area contributed by atoms with E-state index in [1.807, 2.05) is 0 Å². The molecule has 0 amide bonds. The molecule has 3 aromatic heterocycles. The molecule has 3 aromatic rings. The summed E-state index contributed by atoms with van der Waals surface area (Å²) in [6.07, 6.45) is 7.44. The third-order valence-corrected chi connectivity index (χ3v) is 4.49. The summed E-state index contributed by atoms with van der Waals surface area (Å²) < 4.78 is 24.7. The standard InChI is InChI=1S/C14H12Cl2N4O2S/c1-23(21,22)8-20-5-3-9-12(20)2-4-18-14(9)19-13-10(15)6-17-7-11(13)16/h2-7H,8H2,1H3,(H,17,18,19). The number of hydrogen-bond acceptors (Lipinski definition) is 5. The molecule has 0 spiro atoms. The van der Waals surface area contributed by atoms with Crippen LogP contribution in [-0.2, 0) is 15.7 Å². The number of aromatic nitrogens is 3. The number of nitrogens with zero attached hydrogens (tertiary/aromatic N) is 3. The lowest BCUT2D eigenvalue weighted by atomic mass is 10.3. The van der Waals surface area contributed by atoms with Crippen molar-refractivity contribution in [1.82, 2.24) is 14.5 Å². The van der Waals surface area contributed by atoms with Gasteiger partial charge in [0.2, 0.25) is 0 Å². The quantitative estimate of drug-likeness (QED) is 0.760. The van der Waals surface area contributed by atoms with E-state index in [9.17, 15) is 8.42 Å². The predicted octanol–water partition coefficient (Wildman–Crippen LogP) is 3.48. The number of nitrogens with one attached hydrogen (secondary N) is 1. The van der Waals surface area contributed by atoms with E-state index >= 15 is 0 Å². The van der Waals surface area contributed by atoms with E-state index in [0.717, 1.165) is 10.9 Å². The summed E-state index contributed by atoms with van der Waals surface area (Å²) in [7, 11) is -3.15. The SMILES string of the molecule is CS(=O)(=O)Cn1ccc2c(Nc3c(Cl)cncc3Cl)nccc21. The van der Waals surface area contributed by atoms with Crippen LogP contribution in [0.4, 0.5) is 11.5 Å². The van der Waals surface area contributed by atoms with Crippen LogP contribution in [0.1, 0.15) is 0 Å². The fraction of sp³-hybridized carbons (Fsp3) is 0.143. The van der Waals surface area contributed by atoms with Crippen molar-refractivity contribution in [3.05, 3.63) is 47.0 Å². The van der Waals surface area contributed by atoms with E-state index < -0.39 is 9.84 Å². The van der Waals surface area contributed by atoms with Crippen molar-refractivity contribution >= 4 is 55.4 Å². The lowest BCUT2D eigenvalue weighted by molar-refractivity contribution is 0.592. The van der Waals surface area contributed by atoms with Gasteiger partial charge < -0.3 is 9.88 Å². The smallest absolute Gasteiger partial charge is 0.165 e. The van der Waals surface area contributed by atoms with Gasteiger partial charge in [0.15, 0.2) is 9.84 Å². The maximum Gasteiger partial charge on any atom is 0.165 e. The minimum atomic E-state index is -3.15. The van der Waals surface area contributed by atoms with Crippen LogP contribution in [-0.4, -0.2) is 29.2 Å². The molecule has 0 radical (unpaired) electrons. The molecule has 0 atom stereocenters. The Labute approximate surface area is 143 Å². The van der Waals surface area contributed by atoms with Gasteiger partial charge in [0.05, 0.1) is 21.2 Å². The van der Waals surface area contributed by atoms with Crippen molar-refractivity contribution < 1.29 is 8.42 Å². The molecule has 9 heteroatoms. The third-order valence-electron chi connectivity index (χ3n) is 3.17. The van der Waals surface area contributed by atoms with Crippen LogP contribution >= 0.6 is 23.2 Å². The molecule has 0 bridgehead atoms. The molecule has 3 rings (SSSR count). The van der Waals surface area contributed by atoms with Crippen molar-refractivity contribution in [3.63, 3.8) is 0 Å². The molecule has 23 heavy (non-hydrogen) atoms. The van der Waals surface area contributed by atoms with Crippen LogP contribution in [0.15, 0.2) is 36.9 Å². The zero-order chi connectivity index (χ0) is 16.6. The zero-order valence-electron chi connectivity index (χ0n) is 12.0. The molecule has 3 heterocycles. The van der Waals surface area contributed by atoms with Crippen LogP contribution in [0.3, 0.4) is 0 Å². The summed E-state index contributed by atoms with van der Waals surface area (Å²) in [6, 6.07) is 3.54. The lowest BCUT2D eigenvalue weighted by Crippen LogP contribution is -2.07. The average Bonchev–Trinajstić information content (AvgIpc) is 2.85. The number of pyridine rings is 2. The molecule has 0 aromatic carbocycles. The van der Waals surface area contributed by atoms with E-state index in [4.69, 9.17) is 23.2 Å². The maximum atomic E-state index is 11.5. The Morgan fingerprint density at radius 2 is 1.91 bits per heavy atom. The van der Waals surface area contributed by atoms with Gasteiger partial charge in [-0.3, -0.25) is 4.98 Å². The highest BCUT2D eigenvalue weighted by atomic mass is 35.5. The Hall–Kier alpha value is -1.83. The van der Waals surface area contributed by atoms with E-state index in [1.165, 1.54) is 18.6 Å². The van der Waals surface area contributed by atoms with Gasteiger partial charge in [-0.05, 0) is 12.1 Å². The Bertz CT molecular complexity index is 965. The number of sulfone groups is 1. The first kappa shape index (κ1) is 16.0. The monoisotopic (exact) mass is 370 g/mol. The summed E-state index contributed by atoms with van der Waals surface area (Å²) in [4.78, 5) is 8.18. The molecule has 6 nitrogen and oxygen atoms in total. The normalized spacial score (nSPS) is 11.8. The van der Waals surface area contributed by atoms with E-state index in [1.54, 1.807) is 29.1 Å². The summed E-state index contributed by atoms with van der Waals surface area (Å²) in [5.74, 6) is 0.432. The number of hydrogen-bond donors (Lipinski definition) is 1. The Kier molecular flexibility index (Phi) is 4.18. The van der Waals surface area contributed by atoms with Crippen molar-refractivity contribution in [1.29, 1.82) is 0 Å². The van der Waals surface area contributed by atoms with Gasteiger partial charge in [0.1, 0.15) is 11.7 Å². The van der Waals surface area contributed by atoms with Crippen molar-refractivity contribution in [2.24, 2.45) is 0 Å². The summed E-state index contributed by atoms with van der Waals surface area (Å²) in [5.41, 5.74) is 1.24. The highest BCUT2D eigenvalue weighted by Crippen LogP contribution is 2.33. The molecule has 0 aliphatic carbocycles. The van der Waals surface area contributed by atoms with Gasteiger partial charge in [-0.15, -0.1) is 0 Å². The molecule has 0 fully saturated rings. The molecular formula is C14H12Cl2N4O2S. The van der Waals surface area contributed by atoms with Crippen molar-refractivity contribution in [2.75, 3.05) is 11.6 Å². The molecule has 0 unspecified atom stereocenters. The summed E-state index contributed by atoms with van der Waals surface area (Å²) in [5, 5.41) is 4.58. The van der Waals surface area contributed by atoms with Gasteiger partial charge in [0.25, 0.3) is 0 Å². The first-order valence-corrected chi connectivity index (χ1v) is 9.34. The van der Waals surface area contributed by atoms with Gasteiger partial charge in [-0.2, -0.15) is 0 Å². The number of fused-ring (bicyclic) bond motifs is 1. The fourth-order valence-electron chi connectivity index (χ4n) is 2.24. The minimum Gasteiger partial charge on any atom is -0.337 e.